The fourth-order valence-electron chi connectivity index (χ4n) is 3.21. The van der Waals surface area contributed by atoms with Gasteiger partial charge in [0, 0.05) is 44.4 Å². The van der Waals surface area contributed by atoms with Crippen molar-refractivity contribution in [2.75, 3.05) is 37.4 Å². The molecule has 0 saturated carbocycles. The number of urea groups is 1. The zero-order chi connectivity index (χ0) is 20.1. The second-order valence-electron chi connectivity index (χ2n) is 6.90. The molecule has 3 amide bonds. The van der Waals surface area contributed by atoms with Gasteiger partial charge >= 0.3 is 6.03 Å². The Morgan fingerprint density at radius 1 is 1.32 bits per heavy atom. The molecule has 2 aromatic rings. The summed E-state index contributed by atoms with van der Waals surface area (Å²) in [5.74, 6) is 0.990. The van der Waals surface area contributed by atoms with E-state index in [1.165, 1.54) is 7.11 Å². The van der Waals surface area contributed by atoms with Crippen molar-refractivity contribution in [3.63, 3.8) is 0 Å². The predicted octanol–water partition coefficient (Wildman–Crippen LogP) is 2.68. The molecule has 2 heterocycles. The van der Waals surface area contributed by atoms with E-state index in [1.807, 2.05) is 13.0 Å². The SMILES string of the molecule is COCC(=O)Nc1ccc(C)c(NC(=O)N2CCC[C@H](c3noc(C)n3)C2)c1. The number of aryl methyl sites for hydroxylation is 2. The minimum Gasteiger partial charge on any atom is -0.375 e. The molecule has 3 rings (SSSR count). The zero-order valence-electron chi connectivity index (χ0n) is 16.3. The van der Waals surface area contributed by atoms with Crippen LogP contribution in [-0.4, -0.2) is 53.8 Å². The van der Waals surface area contributed by atoms with Gasteiger partial charge in [-0.1, -0.05) is 11.2 Å². The Bertz CT molecular complexity index is 851. The van der Waals surface area contributed by atoms with E-state index < -0.39 is 0 Å². The van der Waals surface area contributed by atoms with Gasteiger partial charge in [-0.05, 0) is 37.5 Å². The van der Waals surface area contributed by atoms with E-state index in [-0.39, 0.29) is 24.5 Å². The van der Waals surface area contributed by atoms with E-state index in [4.69, 9.17) is 9.26 Å². The van der Waals surface area contributed by atoms with Crippen molar-refractivity contribution in [2.45, 2.75) is 32.6 Å². The standard InChI is InChI=1S/C19H25N5O4/c1-12-6-7-15(21-17(25)11-27-3)9-16(12)22-19(26)24-8-4-5-14(10-24)18-20-13(2)28-23-18/h6-7,9,14H,4-5,8,10-11H2,1-3H3,(H,21,25)(H,22,26)/t14-/m0/s1. The van der Waals surface area contributed by atoms with E-state index in [0.717, 1.165) is 18.4 Å². The lowest BCUT2D eigenvalue weighted by Crippen LogP contribution is -2.42. The molecule has 0 unspecified atom stereocenters. The Kier molecular flexibility index (Phi) is 6.25. The first-order chi connectivity index (χ1) is 13.5. The summed E-state index contributed by atoms with van der Waals surface area (Å²) < 4.78 is 9.88. The third kappa shape index (κ3) is 4.86. The van der Waals surface area contributed by atoms with Crippen molar-refractivity contribution in [3.05, 3.63) is 35.5 Å². The van der Waals surface area contributed by atoms with Crippen molar-refractivity contribution in [2.24, 2.45) is 0 Å². The monoisotopic (exact) mass is 387 g/mol. The van der Waals surface area contributed by atoms with Crippen molar-refractivity contribution in [1.29, 1.82) is 0 Å². The van der Waals surface area contributed by atoms with E-state index in [2.05, 4.69) is 20.8 Å². The van der Waals surface area contributed by atoms with Gasteiger partial charge in [-0.3, -0.25) is 4.79 Å². The summed E-state index contributed by atoms with van der Waals surface area (Å²) in [6.45, 7) is 4.83. The van der Waals surface area contributed by atoms with Crippen LogP contribution in [0.4, 0.5) is 16.2 Å². The van der Waals surface area contributed by atoms with Gasteiger partial charge in [0.25, 0.3) is 0 Å². The number of piperidine rings is 1. The summed E-state index contributed by atoms with van der Waals surface area (Å²) >= 11 is 0. The minimum atomic E-state index is -0.252. The lowest BCUT2D eigenvalue weighted by atomic mass is 9.97. The van der Waals surface area contributed by atoms with Crippen LogP contribution >= 0.6 is 0 Å². The zero-order valence-corrected chi connectivity index (χ0v) is 16.3. The molecule has 0 bridgehead atoms. The number of carbonyl (C=O) groups excluding carboxylic acids is 2. The van der Waals surface area contributed by atoms with Crippen LogP contribution in [0.3, 0.4) is 0 Å². The Morgan fingerprint density at radius 3 is 2.86 bits per heavy atom. The van der Waals surface area contributed by atoms with Gasteiger partial charge in [0.2, 0.25) is 11.8 Å². The van der Waals surface area contributed by atoms with Crippen LogP contribution in [-0.2, 0) is 9.53 Å². The number of benzene rings is 1. The number of nitrogens with one attached hydrogen (secondary N) is 2. The second-order valence-corrected chi connectivity index (χ2v) is 6.90. The molecular formula is C19H25N5O4. The number of methoxy groups -OCH3 is 1. The molecule has 1 saturated heterocycles. The van der Waals surface area contributed by atoms with Gasteiger partial charge in [-0.2, -0.15) is 4.98 Å². The average Bonchev–Trinajstić information content (AvgIpc) is 3.11. The highest BCUT2D eigenvalue weighted by Gasteiger charge is 2.28. The first kappa shape index (κ1) is 19.8. The Balaban J connectivity index is 1.65. The third-order valence-electron chi connectivity index (χ3n) is 4.66. The number of hydrogen-bond acceptors (Lipinski definition) is 6. The third-order valence-corrected chi connectivity index (χ3v) is 4.66. The van der Waals surface area contributed by atoms with Gasteiger partial charge < -0.3 is 24.8 Å². The Hall–Kier alpha value is -2.94. The second kappa shape index (κ2) is 8.83. The maximum atomic E-state index is 12.8. The van der Waals surface area contributed by atoms with Crippen LogP contribution in [0.2, 0.25) is 0 Å². The normalized spacial score (nSPS) is 16.7. The summed E-state index contributed by atoms with van der Waals surface area (Å²) in [5.41, 5.74) is 2.15. The molecule has 1 fully saturated rings. The number of hydrogen-bond donors (Lipinski definition) is 2. The minimum absolute atomic E-state index is 0.0275. The van der Waals surface area contributed by atoms with Crippen LogP contribution in [0.15, 0.2) is 22.7 Å². The summed E-state index contributed by atoms with van der Waals surface area (Å²) in [4.78, 5) is 30.5. The topological polar surface area (TPSA) is 110 Å². The molecule has 1 atom stereocenters. The van der Waals surface area contributed by atoms with Crippen LogP contribution in [0.5, 0.6) is 0 Å². The highest BCUT2D eigenvalue weighted by Crippen LogP contribution is 2.26. The number of likely N-dealkylation sites (tertiary alicyclic amines) is 1. The summed E-state index contributed by atoms with van der Waals surface area (Å²) in [6, 6.07) is 5.19. The van der Waals surface area contributed by atoms with Crippen molar-refractivity contribution >= 4 is 23.3 Å². The molecule has 1 aromatic carbocycles. The lowest BCUT2D eigenvalue weighted by molar-refractivity contribution is -0.119. The predicted molar refractivity (Wildman–Crippen MR) is 103 cm³/mol. The van der Waals surface area contributed by atoms with Crippen LogP contribution in [0.1, 0.15) is 36.0 Å². The average molecular weight is 387 g/mol. The molecule has 0 spiro atoms. The molecule has 0 aliphatic carbocycles. The molecule has 9 heteroatoms. The number of carbonyl (C=O) groups is 2. The maximum absolute atomic E-state index is 12.8. The van der Waals surface area contributed by atoms with E-state index in [0.29, 0.717) is 36.2 Å². The maximum Gasteiger partial charge on any atom is 0.321 e. The van der Waals surface area contributed by atoms with Crippen LogP contribution < -0.4 is 10.6 Å². The van der Waals surface area contributed by atoms with E-state index >= 15 is 0 Å². The van der Waals surface area contributed by atoms with Gasteiger partial charge in [-0.15, -0.1) is 0 Å². The van der Waals surface area contributed by atoms with Crippen molar-refractivity contribution in [3.8, 4) is 0 Å². The fourth-order valence-corrected chi connectivity index (χ4v) is 3.21. The van der Waals surface area contributed by atoms with Crippen molar-refractivity contribution < 1.29 is 18.8 Å². The van der Waals surface area contributed by atoms with E-state index in [1.54, 1.807) is 24.0 Å². The van der Waals surface area contributed by atoms with Crippen LogP contribution in [0, 0.1) is 13.8 Å². The molecule has 2 N–H and O–H groups in total. The number of aromatic nitrogens is 2. The Labute approximate surface area is 163 Å². The molecule has 150 valence electrons. The largest absolute Gasteiger partial charge is 0.375 e. The van der Waals surface area contributed by atoms with Crippen LogP contribution in [0.25, 0.3) is 0 Å². The molecule has 28 heavy (non-hydrogen) atoms. The van der Waals surface area contributed by atoms with Gasteiger partial charge in [0.05, 0.1) is 0 Å². The first-order valence-corrected chi connectivity index (χ1v) is 9.22. The van der Waals surface area contributed by atoms with Gasteiger partial charge in [-0.25, -0.2) is 4.79 Å². The quantitative estimate of drug-likeness (QED) is 0.816. The summed E-state index contributed by atoms with van der Waals surface area (Å²) in [7, 11) is 1.46. The summed E-state index contributed by atoms with van der Waals surface area (Å²) in [5, 5.41) is 9.67. The number of ether oxygens (including phenoxy) is 1. The Morgan fingerprint density at radius 2 is 2.14 bits per heavy atom. The molecule has 1 aliphatic heterocycles. The highest BCUT2D eigenvalue weighted by molar-refractivity contribution is 5.94. The number of rotatable bonds is 5. The fraction of sp³-hybridized carbons (Fsp3) is 0.474. The number of anilines is 2. The summed E-state index contributed by atoms with van der Waals surface area (Å²) in [6.07, 6.45) is 1.79. The molecule has 1 aromatic heterocycles. The smallest absolute Gasteiger partial charge is 0.321 e. The molecule has 1 aliphatic rings. The van der Waals surface area contributed by atoms with Crippen molar-refractivity contribution in [1.82, 2.24) is 15.0 Å². The molecule has 0 radical (unpaired) electrons. The lowest BCUT2D eigenvalue weighted by Gasteiger charge is -2.31. The highest BCUT2D eigenvalue weighted by atomic mass is 16.5. The van der Waals surface area contributed by atoms with Gasteiger partial charge in [0.15, 0.2) is 5.82 Å². The van der Waals surface area contributed by atoms with Gasteiger partial charge in [0.1, 0.15) is 6.61 Å². The van der Waals surface area contributed by atoms with E-state index in [9.17, 15) is 9.59 Å². The molecule has 9 nitrogen and oxygen atoms in total. The first-order valence-electron chi connectivity index (χ1n) is 9.22. The number of amides is 3. The molecular weight excluding hydrogens is 362 g/mol. The number of nitrogens with zero attached hydrogens (tertiary/aromatic N) is 3.